The maximum atomic E-state index is 12.9. The molecule has 1 aromatic heterocycles. The van der Waals surface area contributed by atoms with Gasteiger partial charge >= 0.3 is 0 Å². The fraction of sp³-hybridized carbons (Fsp3) is 0.450. The number of fused-ring (bicyclic) bond motifs is 1. The quantitative estimate of drug-likeness (QED) is 0.881. The fourth-order valence-corrected chi connectivity index (χ4v) is 4.48. The molecule has 2 aliphatic heterocycles. The van der Waals surface area contributed by atoms with E-state index in [0.29, 0.717) is 23.6 Å². The highest BCUT2D eigenvalue weighted by atomic mass is 16.2. The monoisotopic (exact) mass is 352 g/mol. The van der Waals surface area contributed by atoms with Crippen molar-refractivity contribution in [3.8, 4) is 0 Å². The van der Waals surface area contributed by atoms with Crippen LogP contribution in [-0.4, -0.2) is 33.4 Å². The number of hydrogen-bond donors (Lipinski definition) is 2. The van der Waals surface area contributed by atoms with Gasteiger partial charge in [-0.15, -0.1) is 0 Å². The van der Waals surface area contributed by atoms with Crippen LogP contribution in [0.1, 0.15) is 42.4 Å². The van der Waals surface area contributed by atoms with E-state index in [9.17, 15) is 9.59 Å². The van der Waals surface area contributed by atoms with Crippen LogP contribution in [0.15, 0.2) is 41.2 Å². The highest BCUT2D eigenvalue weighted by Gasteiger charge is 2.46. The van der Waals surface area contributed by atoms with E-state index in [1.54, 1.807) is 6.92 Å². The second kappa shape index (κ2) is 7.03. The number of hydrogen-bond acceptors (Lipinski definition) is 4. The minimum Gasteiger partial charge on any atom is -0.349 e. The van der Waals surface area contributed by atoms with Crippen molar-refractivity contribution in [2.24, 2.45) is 5.92 Å². The molecule has 6 nitrogen and oxygen atoms in total. The van der Waals surface area contributed by atoms with Gasteiger partial charge in [0.1, 0.15) is 5.82 Å². The van der Waals surface area contributed by atoms with E-state index in [1.807, 2.05) is 6.07 Å². The zero-order valence-corrected chi connectivity index (χ0v) is 14.9. The van der Waals surface area contributed by atoms with Crippen LogP contribution in [0.3, 0.4) is 0 Å². The summed E-state index contributed by atoms with van der Waals surface area (Å²) in [7, 11) is 0. The predicted octanol–water partition coefficient (Wildman–Crippen LogP) is 1.92. The molecule has 0 unspecified atom stereocenters. The van der Waals surface area contributed by atoms with Crippen molar-refractivity contribution in [3.05, 3.63) is 63.8 Å². The number of nitrogens with zero attached hydrogens (tertiary/aromatic N) is 2. The smallest absolute Gasteiger partial charge is 0.251 e. The number of H-pyrrole nitrogens is 1. The van der Waals surface area contributed by atoms with Gasteiger partial charge in [-0.2, -0.15) is 0 Å². The number of rotatable bonds is 4. The van der Waals surface area contributed by atoms with Crippen molar-refractivity contribution in [1.82, 2.24) is 20.2 Å². The minimum atomic E-state index is -0.186. The molecule has 4 rings (SSSR count). The molecule has 2 fully saturated rings. The molecule has 0 saturated carbocycles. The Bertz CT molecular complexity index is 848. The molecule has 0 radical (unpaired) electrons. The first-order valence-electron chi connectivity index (χ1n) is 9.27. The van der Waals surface area contributed by atoms with Gasteiger partial charge in [0.05, 0.1) is 12.5 Å². The molecule has 1 aromatic carbocycles. The lowest BCUT2D eigenvalue weighted by molar-refractivity contribution is -0.125. The predicted molar refractivity (Wildman–Crippen MR) is 98.5 cm³/mol. The van der Waals surface area contributed by atoms with Gasteiger partial charge in [0.15, 0.2) is 0 Å². The number of aromatic amines is 1. The Kier molecular flexibility index (Phi) is 4.59. The van der Waals surface area contributed by atoms with Crippen molar-refractivity contribution >= 4 is 5.91 Å². The molecule has 6 heteroatoms. The number of carbonyl (C=O) groups is 1. The normalized spacial score (nSPS) is 25.2. The first-order valence-corrected chi connectivity index (χ1v) is 9.27. The molecular weight excluding hydrogens is 328 g/mol. The Morgan fingerprint density at radius 2 is 2.15 bits per heavy atom. The van der Waals surface area contributed by atoms with Gasteiger partial charge in [0, 0.05) is 23.8 Å². The second-order valence-corrected chi connectivity index (χ2v) is 7.27. The van der Waals surface area contributed by atoms with Crippen LogP contribution >= 0.6 is 0 Å². The Morgan fingerprint density at radius 3 is 2.92 bits per heavy atom. The third-order valence-corrected chi connectivity index (χ3v) is 5.55. The van der Waals surface area contributed by atoms with Gasteiger partial charge in [-0.25, -0.2) is 4.98 Å². The van der Waals surface area contributed by atoms with Gasteiger partial charge < -0.3 is 10.3 Å². The summed E-state index contributed by atoms with van der Waals surface area (Å²) in [6, 6.07) is 12.5. The molecular formula is C20H24N4O2. The SMILES string of the molecule is Cc1cc(=O)[nH]c(CNC(=O)[C@@H]2C[C@H](c3ccccc3)N3CCC[C@@H]23)n1. The van der Waals surface area contributed by atoms with Crippen LogP contribution in [0, 0.1) is 12.8 Å². The molecule has 2 saturated heterocycles. The van der Waals surface area contributed by atoms with Crippen LogP contribution in [0.25, 0.3) is 0 Å². The van der Waals surface area contributed by atoms with Crippen molar-refractivity contribution in [1.29, 1.82) is 0 Å². The van der Waals surface area contributed by atoms with Crippen molar-refractivity contribution in [2.45, 2.75) is 44.8 Å². The summed E-state index contributed by atoms with van der Waals surface area (Å²) in [5, 5.41) is 2.98. The number of benzene rings is 1. The summed E-state index contributed by atoms with van der Waals surface area (Å²) in [5.74, 6) is 0.549. The molecule has 0 aliphatic carbocycles. The fourth-order valence-electron chi connectivity index (χ4n) is 4.48. The summed E-state index contributed by atoms with van der Waals surface area (Å²) >= 11 is 0. The van der Waals surface area contributed by atoms with E-state index in [0.717, 1.165) is 25.8 Å². The zero-order chi connectivity index (χ0) is 18.1. The van der Waals surface area contributed by atoms with E-state index in [4.69, 9.17) is 0 Å². The third kappa shape index (κ3) is 3.29. The van der Waals surface area contributed by atoms with Gasteiger partial charge in [0.2, 0.25) is 5.91 Å². The lowest BCUT2D eigenvalue weighted by atomic mass is 9.93. The number of carbonyl (C=O) groups excluding carboxylic acids is 1. The summed E-state index contributed by atoms with van der Waals surface area (Å²) in [5.41, 5.74) is 1.76. The molecule has 0 bridgehead atoms. The molecule has 2 N–H and O–H groups in total. The molecule has 2 aromatic rings. The Balaban J connectivity index is 1.46. The second-order valence-electron chi connectivity index (χ2n) is 7.27. The van der Waals surface area contributed by atoms with Crippen molar-refractivity contribution in [3.63, 3.8) is 0 Å². The Labute approximate surface area is 152 Å². The van der Waals surface area contributed by atoms with Gasteiger partial charge in [-0.1, -0.05) is 30.3 Å². The maximum absolute atomic E-state index is 12.9. The largest absolute Gasteiger partial charge is 0.349 e. The first-order chi connectivity index (χ1) is 12.6. The number of amides is 1. The standard InChI is InChI=1S/C20H24N4O2/c1-13-10-19(25)23-18(22-13)12-21-20(26)15-11-17(14-6-3-2-4-7-14)24-9-5-8-16(15)24/h2-4,6-7,10,15-17H,5,8-9,11-12H2,1H3,(H,21,26)(H,22,23,25)/t15-,16+,17-/m1/s1. The molecule has 2 aliphatic rings. The van der Waals surface area contributed by atoms with Crippen molar-refractivity contribution < 1.29 is 4.79 Å². The van der Waals surface area contributed by atoms with E-state index >= 15 is 0 Å². The van der Waals surface area contributed by atoms with Crippen LogP contribution < -0.4 is 10.9 Å². The van der Waals surface area contributed by atoms with Crippen LogP contribution in [0.5, 0.6) is 0 Å². The van der Waals surface area contributed by atoms with E-state index in [2.05, 4.69) is 44.5 Å². The Morgan fingerprint density at radius 1 is 1.35 bits per heavy atom. The van der Waals surface area contributed by atoms with Gasteiger partial charge in [-0.3, -0.25) is 14.5 Å². The van der Waals surface area contributed by atoms with Crippen LogP contribution in [0.4, 0.5) is 0 Å². The summed E-state index contributed by atoms with van der Waals surface area (Å²) in [6.45, 7) is 3.09. The highest BCUT2D eigenvalue weighted by Crippen LogP contribution is 2.44. The Hall–Kier alpha value is -2.47. The molecule has 26 heavy (non-hydrogen) atoms. The maximum Gasteiger partial charge on any atom is 0.251 e. The van der Waals surface area contributed by atoms with E-state index in [-0.39, 0.29) is 23.9 Å². The number of aryl methyl sites for hydroxylation is 1. The molecule has 1 amide bonds. The highest BCUT2D eigenvalue weighted by molar-refractivity contribution is 5.80. The number of aromatic nitrogens is 2. The molecule has 3 heterocycles. The van der Waals surface area contributed by atoms with Gasteiger partial charge in [0.25, 0.3) is 5.56 Å². The van der Waals surface area contributed by atoms with E-state index < -0.39 is 0 Å². The zero-order valence-electron chi connectivity index (χ0n) is 14.9. The lowest BCUT2D eigenvalue weighted by Crippen LogP contribution is -2.37. The molecule has 3 atom stereocenters. The summed E-state index contributed by atoms with van der Waals surface area (Å²) < 4.78 is 0. The van der Waals surface area contributed by atoms with Crippen LogP contribution in [0.2, 0.25) is 0 Å². The third-order valence-electron chi connectivity index (χ3n) is 5.55. The topological polar surface area (TPSA) is 78.1 Å². The summed E-state index contributed by atoms with van der Waals surface area (Å²) in [6.07, 6.45) is 3.06. The van der Waals surface area contributed by atoms with Crippen LogP contribution in [-0.2, 0) is 11.3 Å². The van der Waals surface area contributed by atoms with Crippen molar-refractivity contribution in [2.75, 3.05) is 6.54 Å². The minimum absolute atomic E-state index is 0.0146. The average molecular weight is 352 g/mol. The van der Waals surface area contributed by atoms with Gasteiger partial charge in [-0.05, 0) is 38.3 Å². The van der Waals surface area contributed by atoms with E-state index in [1.165, 1.54) is 11.6 Å². The first kappa shape index (κ1) is 17.0. The summed E-state index contributed by atoms with van der Waals surface area (Å²) in [4.78, 5) is 33.9. The number of nitrogens with one attached hydrogen (secondary N) is 2. The molecule has 136 valence electrons. The lowest BCUT2D eigenvalue weighted by Gasteiger charge is -2.24. The average Bonchev–Trinajstić information content (AvgIpc) is 3.22. The molecule has 0 spiro atoms.